The van der Waals surface area contributed by atoms with Crippen molar-refractivity contribution in [2.75, 3.05) is 5.32 Å². The Hall–Kier alpha value is -2.12. The molecule has 1 aromatic heterocycles. The average molecular weight is 256 g/mol. The second kappa shape index (κ2) is 5.03. The molecule has 1 N–H and O–H groups in total. The number of nitrogens with zero attached hydrogens (tertiary/aromatic N) is 1. The smallest absolute Gasteiger partial charge is 0.221 e. The van der Waals surface area contributed by atoms with Crippen LogP contribution in [0.3, 0.4) is 0 Å². The maximum absolute atomic E-state index is 11.2. The molecule has 0 aliphatic rings. The summed E-state index contributed by atoms with van der Waals surface area (Å²) in [5.74, 6) is -0.168. The lowest BCUT2D eigenvalue weighted by atomic mass is 10.0. The van der Waals surface area contributed by atoms with E-state index in [0.717, 1.165) is 16.7 Å². The SMILES string of the molecule is CC(=O)Nc1c(-c2cccc(C)c2)csc1C#N. The summed E-state index contributed by atoms with van der Waals surface area (Å²) >= 11 is 1.34. The molecule has 18 heavy (non-hydrogen) atoms. The number of benzene rings is 1. The van der Waals surface area contributed by atoms with E-state index in [4.69, 9.17) is 5.26 Å². The Bertz CT molecular complexity index is 637. The first-order valence-electron chi connectivity index (χ1n) is 5.48. The van der Waals surface area contributed by atoms with Crippen molar-refractivity contribution in [3.8, 4) is 17.2 Å². The lowest BCUT2D eigenvalue weighted by Gasteiger charge is -2.06. The van der Waals surface area contributed by atoms with Gasteiger partial charge in [0.2, 0.25) is 5.91 Å². The maximum atomic E-state index is 11.2. The van der Waals surface area contributed by atoms with Gasteiger partial charge in [-0.25, -0.2) is 0 Å². The zero-order valence-electron chi connectivity index (χ0n) is 10.2. The molecule has 1 aromatic carbocycles. The van der Waals surface area contributed by atoms with Crippen molar-refractivity contribution in [2.24, 2.45) is 0 Å². The normalized spacial score (nSPS) is 9.83. The third-order valence-electron chi connectivity index (χ3n) is 2.52. The van der Waals surface area contributed by atoms with Gasteiger partial charge in [-0.05, 0) is 12.5 Å². The van der Waals surface area contributed by atoms with Crippen LogP contribution in [0, 0.1) is 18.3 Å². The molecule has 90 valence electrons. The third kappa shape index (κ3) is 2.41. The lowest BCUT2D eigenvalue weighted by Crippen LogP contribution is -2.06. The highest BCUT2D eigenvalue weighted by atomic mass is 32.1. The number of hydrogen-bond acceptors (Lipinski definition) is 3. The first kappa shape index (κ1) is 12.3. The Morgan fingerprint density at radius 2 is 2.22 bits per heavy atom. The number of amides is 1. The van der Waals surface area contributed by atoms with Crippen molar-refractivity contribution in [1.82, 2.24) is 0 Å². The molecule has 2 aromatic rings. The molecule has 0 bridgehead atoms. The van der Waals surface area contributed by atoms with E-state index in [2.05, 4.69) is 11.4 Å². The van der Waals surface area contributed by atoms with E-state index in [1.807, 2.05) is 36.6 Å². The Morgan fingerprint density at radius 1 is 1.44 bits per heavy atom. The fourth-order valence-electron chi connectivity index (χ4n) is 1.77. The van der Waals surface area contributed by atoms with E-state index in [0.29, 0.717) is 10.6 Å². The summed E-state index contributed by atoms with van der Waals surface area (Å²) in [7, 11) is 0. The number of rotatable bonds is 2. The van der Waals surface area contributed by atoms with Gasteiger partial charge in [0.25, 0.3) is 0 Å². The topological polar surface area (TPSA) is 52.9 Å². The van der Waals surface area contributed by atoms with Crippen LogP contribution in [0.25, 0.3) is 11.1 Å². The largest absolute Gasteiger partial charge is 0.324 e. The van der Waals surface area contributed by atoms with Crippen molar-refractivity contribution < 1.29 is 4.79 Å². The predicted molar refractivity (Wildman–Crippen MR) is 73.5 cm³/mol. The number of hydrogen-bond donors (Lipinski definition) is 1. The monoisotopic (exact) mass is 256 g/mol. The van der Waals surface area contributed by atoms with Crippen molar-refractivity contribution in [1.29, 1.82) is 5.26 Å². The number of carbonyl (C=O) groups excluding carboxylic acids is 1. The molecule has 0 saturated heterocycles. The first-order valence-corrected chi connectivity index (χ1v) is 6.36. The van der Waals surface area contributed by atoms with Crippen molar-refractivity contribution in [3.63, 3.8) is 0 Å². The van der Waals surface area contributed by atoms with Gasteiger partial charge < -0.3 is 5.32 Å². The summed E-state index contributed by atoms with van der Waals surface area (Å²) in [6, 6.07) is 10.1. The standard InChI is InChI=1S/C14H12N2OS/c1-9-4-3-5-11(6-9)12-8-18-13(7-15)14(12)16-10(2)17/h3-6,8H,1-2H3,(H,16,17). The van der Waals surface area contributed by atoms with E-state index in [1.165, 1.54) is 18.3 Å². The second-order valence-electron chi connectivity index (χ2n) is 4.02. The molecule has 4 heteroatoms. The number of thiophene rings is 1. The van der Waals surface area contributed by atoms with Crippen LogP contribution in [-0.2, 0) is 4.79 Å². The summed E-state index contributed by atoms with van der Waals surface area (Å²) in [5.41, 5.74) is 3.67. The van der Waals surface area contributed by atoms with Gasteiger partial charge in [0.05, 0.1) is 5.69 Å². The molecule has 0 atom stereocenters. The summed E-state index contributed by atoms with van der Waals surface area (Å²) in [4.78, 5) is 11.7. The molecule has 1 amide bonds. The van der Waals surface area contributed by atoms with Crippen LogP contribution in [0.2, 0.25) is 0 Å². The number of aryl methyl sites for hydroxylation is 1. The first-order chi connectivity index (χ1) is 8.61. The number of anilines is 1. The zero-order chi connectivity index (χ0) is 13.1. The van der Waals surface area contributed by atoms with Crippen LogP contribution in [0.5, 0.6) is 0 Å². The van der Waals surface area contributed by atoms with Gasteiger partial charge in [0.15, 0.2) is 0 Å². The Morgan fingerprint density at radius 3 is 2.83 bits per heavy atom. The van der Waals surface area contributed by atoms with Gasteiger partial charge in [-0.2, -0.15) is 5.26 Å². The van der Waals surface area contributed by atoms with Gasteiger partial charge in [0.1, 0.15) is 10.9 Å². The Labute approximate surface area is 110 Å². The molecule has 3 nitrogen and oxygen atoms in total. The molecule has 2 rings (SSSR count). The summed E-state index contributed by atoms with van der Waals surface area (Å²) in [6.07, 6.45) is 0. The number of nitriles is 1. The van der Waals surface area contributed by atoms with E-state index >= 15 is 0 Å². The molecule has 0 aliphatic heterocycles. The van der Waals surface area contributed by atoms with E-state index in [9.17, 15) is 4.79 Å². The molecule has 0 aliphatic carbocycles. The summed E-state index contributed by atoms with van der Waals surface area (Å²) < 4.78 is 0. The molecule has 0 spiro atoms. The van der Waals surface area contributed by atoms with Gasteiger partial charge in [-0.3, -0.25) is 4.79 Å². The molecule has 0 saturated carbocycles. The van der Waals surface area contributed by atoms with Crippen LogP contribution >= 0.6 is 11.3 Å². The Kier molecular flexibility index (Phi) is 3.45. The summed E-state index contributed by atoms with van der Waals surface area (Å²) in [6.45, 7) is 3.46. The van der Waals surface area contributed by atoms with Crippen molar-refractivity contribution >= 4 is 22.9 Å². The van der Waals surface area contributed by atoms with E-state index in [1.54, 1.807) is 0 Å². The fraction of sp³-hybridized carbons (Fsp3) is 0.143. The van der Waals surface area contributed by atoms with Crippen LogP contribution in [0.1, 0.15) is 17.4 Å². The highest BCUT2D eigenvalue weighted by Crippen LogP contribution is 2.36. The van der Waals surface area contributed by atoms with Crippen molar-refractivity contribution in [2.45, 2.75) is 13.8 Å². The molecule has 0 radical (unpaired) electrons. The Balaban J connectivity index is 2.54. The van der Waals surface area contributed by atoms with Crippen LogP contribution in [0.4, 0.5) is 5.69 Å². The van der Waals surface area contributed by atoms with Crippen LogP contribution in [0.15, 0.2) is 29.6 Å². The predicted octanol–water partition coefficient (Wildman–Crippen LogP) is 3.55. The summed E-state index contributed by atoms with van der Waals surface area (Å²) in [5, 5.41) is 13.7. The number of carbonyl (C=O) groups is 1. The zero-order valence-corrected chi connectivity index (χ0v) is 11.0. The lowest BCUT2D eigenvalue weighted by molar-refractivity contribution is -0.114. The maximum Gasteiger partial charge on any atom is 0.221 e. The fourth-order valence-corrected chi connectivity index (χ4v) is 2.59. The molecular weight excluding hydrogens is 244 g/mol. The molecule has 1 heterocycles. The molecule has 0 fully saturated rings. The number of nitrogens with one attached hydrogen (secondary N) is 1. The highest BCUT2D eigenvalue weighted by Gasteiger charge is 2.14. The molecular formula is C14H12N2OS. The minimum atomic E-state index is -0.168. The average Bonchev–Trinajstić information content (AvgIpc) is 2.71. The second-order valence-corrected chi connectivity index (χ2v) is 4.90. The van der Waals surface area contributed by atoms with Gasteiger partial charge in [0, 0.05) is 17.9 Å². The van der Waals surface area contributed by atoms with Crippen LogP contribution < -0.4 is 5.32 Å². The van der Waals surface area contributed by atoms with Crippen molar-refractivity contribution in [3.05, 3.63) is 40.1 Å². The minimum Gasteiger partial charge on any atom is -0.324 e. The third-order valence-corrected chi connectivity index (χ3v) is 3.41. The minimum absolute atomic E-state index is 0.168. The van der Waals surface area contributed by atoms with E-state index in [-0.39, 0.29) is 5.91 Å². The molecule has 0 unspecified atom stereocenters. The van der Waals surface area contributed by atoms with Crippen LogP contribution in [-0.4, -0.2) is 5.91 Å². The van der Waals surface area contributed by atoms with Gasteiger partial charge >= 0.3 is 0 Å². The highest BCUT2D eigenvalue weighted by molar-refractivity contribution is 7.11. The quantitative estimate of drug-likeness (QED) is 0.893. The van der Waals surface area contributed by atoms with Gasteiger partial charge in [-0.15, -0.1) is 11.3 Å². The van der Waals surface area contributed by atoms with Gasteiger partial charge in [-0.1, -0.05) is 29.8 Å². The van der Waals surface area contributed by atoms with E-state index < -0.39 is 0 Å².